The fraction of sp³-hybridized carbons (Fsp3) is 0.474. The van der Waals surface area contributed by atoms with Gasteiger partial charge in [-0.1, -0.05) is 24.3 Å². The van der Waals surface area contributed by atoms with E-state index < -0.39 is 0 Å². The van der Waals surface area contributed by atoms with Crippen LogP contribution in [0.4, 0.5) is 0 Å². The molecule has 0 radical (unpaired) electrons. The van der Waals surface area contributed by atoms with Crippen LogP contribution in [0.15, 0.2) is 35.6 Å². The molecule has 8 nitrogen and oxygen atoms in total. The number of amides is 1. The number of nitrogens with zero attached hydrogens (tertiary/aromatic N) is 6. The molecule has 2 heterocycles. The molecule has 1 aromatic heterocycles. The van der Waals surface area contributed by atoms with Crippen LogP contribution >= 0.6 is 24.0 Å². The number of hydrogen-bond donors (Lipinski definition) is 1. The van der Waals surface area contributed by atoms with E-state index in [9.17, 15) is 4.79 Å². The van der Waals surface area contributed by atoms with Gasteiger partial charge in [-0.2, -0.15) is 5.10 Å². The molecule has 1 aliphatic heterocycles. The highest BCUT2D eigenvalue weighted by atomic mass is 127. The van der Waals surface area contributed by atoms with E-state index in [1.807, 2.05) is 36.0 Å². The molecule has 1 N–H and O–H groups in total. The summed E-state index contributed by atoms with van der Waals surface area (Å²) in [5.74, 6) is 1.85. The number of hydrogen-bond acceptors (Lipinski definition) is 4. The monoisotopic (exact) mass is 497 g/mol. The van der Waals surface area contributed by atoms with E-state index in [0.717, 1.165) is 31.3 Å². The molecule has 0 unspecified atom stereocenters. The van der Waals surface area contributed by atoms with Gasteiger partial charge in [0.05, 0.1) is 6.54 Å². The molecule has 3 rings (SSSR count). The van der Waals surface area contributed by atoms with Gasteiger partial charge in [0.2, 0.25) is 5.91 Å². The van der Waals surface area contributed by atoms with Gasteiger partial charge in [0, 0.05) is 47.2 Å². The van der Waals surface area contributed by atoms with Crippen LogP contribution in [0.5, 0.6) is 0 Å². The Kier molecular flexibility index (Phi) is 8.21. The fourth-order valence-corrected chi connectivity index (χ4v) is 3.24. The van der Waals surface area contributed by atoms with Gasteiger partial charge in [-0.15, -0.1) is 24.0 Å². The number of aryl methyl sites for hydroxylation is 1. The quantitative estimate of drug-likeness (QED) is 0.285. The highest BCUT2D eigenvalue weighted by Gasteiger charge is 2.22. The third kappa shape index (κ3) is 5.43. The molecule has 9 heteroatoms. The van der Waals surface area contributed by atoms with Crippen molar-refractivity contribution in [1.82, 2.24) is 29.9 Å². The van der Waals surface area contributed by atoms with Gasteiger partial charge in [0.25, 0.3) is 0 Å². The molecule has 152 valence electrons. The van der Waals surface area contributed by atoms with Crippen LogP contribution in [-0.4, -0.2) is 57.1 Å². The van der Waals surface area contributed by atoms with Gasteiger partial charge in [-0.3, -0.25) is 14.5 Å². The number of carbonyl (C=O) groups is 1. The second-order valence-electron chi connectivity index (χ2n) is 6.75. The molecule has 1 aliphatic rings. The Hall–Kier alpha value is -2.17. The molecule has 0 saturated carbocycles. The average Bonchev–Trinajstić information content (AvgIpc) is 3.27. The van der Waals surface area contributed by atoms with Gasteiger partial charge in [-0.25, -0.2) is 4.98 Å². The van der Waals surface area contributed by atoms with Crippen molar-refractivity contribution in [1.29, 1.82) is 0 Å². The normalized spacial score (nSPS) is 13.1. The van der Waals surface area contributed by atoms with Crippen LogP contribution in [0, 0.1) is 0 Å². The zero-order valence-corrected chi connectivity index (χ0v) is 19.0. The van der Waals surface area contributed by atoms with E-state index >= 15 is 0 Å². The molecule has 0 fully saturated rings. The minimum Gasteiger partial charge on any atom is -0.356 e. The van der Waals surface area contributed by atoms with E-state index in [0.29, 0.717) is 19.5 Å². The molecule has 0 aliphatic carbocycles. The third-order valence-electron chi connectivity index (χ3n) is 4.80. The molecule has 0 saturated heterocycles. The van der Waals surface area contributed by atoms with Crippen LogP contribution < -0.4 is 5.32 Å². The van der Waals surface area contributed by atoms with Crippen molar-refractivity contribution in [2.24, 2.45) is 12.0 Å². The predicted octanol–water partition coefficient (Wildman–Crippen LogP) is 1.76. The summed E-state index contributed by atoms with van der Waals surface area (Å²) < 4.78 is 1.75. The number of aromatic nitrogens is 3. The SMILES string of the molecule is CN=C(NCCCC(=O)N1Cc2ccccc2C1)N(C)Cc1ncnn1C.I. The zero-order valence-electron chi connectivity index (χ0n) is 16.6. The van der Waals surface area contributed by atoms with Gasteiger partial charge in [0.1, 0.15) is 12.2 Å². The highest BCUT2D eigenvalue weighted by Crippen LogP contribution is 2.22. The van der Waals surface area contributed by atoms with Crippen molar-refractivity contribution >= 4 is 35.8 Å². The summed E-state index contributed by atoms with van der Waals surface area (Å²) in [7, 11) is 5.58. The first-order valence-corrected chi connectivity index (χ1v) is 9.17. The third-order valence-corrected chi connectivity index (χ3v) is 4.80. The van der Waals surface area contributed by atoms with E-state index in [1.54, 1.807) is 18.1 Å². The van der Waals surface area contributed by atoms with Crippen LogP contribution in [0.2, 0.25) is 0 Å². The summed E-state index contributed by atoms with van der Waals surface area (Å²) in [6.07, 6.45) is 2.84. The van der Waals surface area contributed by atoms with Gasteiger partial charge in [0.15, 0.2) is 5.96 Å². The first-order chi connectivity index (χ1) is 13.1. The highest BCUT2D eigenvalue weighted by molar-refractivity contribution is 14.0. The number of nitrogens with one attached hydrogen (secondary N) is 1. The standard InChI is InChI=1S/C19H27N7O.HI/c1-20-19(24(2)13-17-22-14-23-25(17)3)21-10-6-9-18(27)26-11-15-7-4-5-8-16(15)12-26;/h4-5,7-8,14H,6,9-13H2,1-3H3,(H,20,21);1H. The second-order valence-corrected chi connectivity index (χ2v) is 6.75. The van der Waals surface area contributed by atoms with E-state index in [2.05, 4.69) is 32.5 Å². The first kappa shape index (κ1) is 22.1. The number of aliphatic imine (C=N–C) groups is 1. The predicted molar refractivity (Wildman–Crippen MR) is 119 cm³/mol. The summed E-state index contributed by atoms with van der Waals surface area (Å²) in [5, 5.41) is 7.39. The summed E-state index contributed by atoms with van der Waals surface area (Å²) >= 11 is 0. The Labute approximate surface area is 183 Å². The first-order valence-electron chi connectivity index (χ1n) is 9.17. The maximum absolute atomic E-state index is 12.5. The summed E-state index contributed by atoms with van der Waals surface area (Å²) in [4.78, 5) is 24.9. The van der Waals surface area contributed by atoms with Crippen molar-refractivity contribution in [2.75, 3.05) is 20.6 Å². The van der Waals surface area contributed by atoms with Crippen molar-refractivity contribution in [2.45, 2.75) is 32.5 Å². The molecule has 0 atom stereocenters. The molecule has 1 aromatic carbocycles. The van der Waals surface area contributed by atoms with Gasteiger partial charge in [-0.05, 0) is 17.5 Å². The zero-order chi connectivity index (χ0) is 19.2. The summed E-state index contributed by atoms with van der Waals surface area (Å²) in [6.45, 7) is 2.76. The molecule has 2 aromatic rings. The summed E-state index contributed by atoms with van der Waals surface area (Å²) in [5.41, 5.74) is 2.52. The van der Waals surface area contributed by atoms with E-state index in [4.69, 9.17) is 0 Å². The fourth-order valence-electron chi connectivity index (χ4n) is 3.24. The topological polar surface area (TPSA) is 78.7 Å². The largest absolute Gasteiger partial charge is 0.356 e. The molecule has 0 bridgehead atoms. The van der Waals surface area contributed by atoms with Gasteiger partial charge >= 0.3 is 0 Å². The number of benzene rings is 1. The lowest BCUT2D eigenvalue weighted by molar-refractivity contribution is -0.131. The molecular formula is C19H28IN7O. The maximum atomic E-state index is 12.5. The van der Waals surface area contributed by atoms with Crippen molar-refractivity contribution in [3.63, 3.8) is 0 Å². The molecular weight excluding hydrogens is 469 g/mol. The Morgan fingerprint density at radius 2 is 1.96 bits per heavy atom. The Morgan fingerprint density at radius 3 is 2.54 bits per heavy atom. The van der Waals surface area contributed by atoms with E-state index in [1.165, 1.54) is 11.1 Å². The van der Waals surface area contributed by atoms with Crippen molar-refractivity contribution in [3.05, 3.63) is 47.5 Å². The molecule has 1 amide bonds. The van der Waals surface area contributed by atoms with Crippen LogP contribution in [0.3, 0.4) is 0 Å². The second kappa shape index (κ2) is 10.4. The van der Waals surface area contributed by atoms with Gasteiger partial charge < -0.3 is 15.1 Å². The lowest BCUT2D eigenvalue weighted by atomic mass is 10.1. The molecule has 0 spiro atoms. The Bertz CT molecular complexity index is 795. The Balaban J connectivity index is 0.00000280. The number of halogens is 1. The number of carbonyl (C=O) groups excluding carboxylic acids is 1. The summed E-state index contributed by atoms with van der Waals surface area (Å²) in [6, 6.07) is 8.25. The van der Waals surface area contributed by atoms with Crippen LogP contribution in [0.1, 0.15) is 29.8 Å². The Morgan fingerprint density at radius 1 is 1.29 bits per heavy atom. The lowest BCUT2D eigenvalue weighted by Gasteiger charge is -2.21. The minimum absolute atomic E-state index is 0. The smallest absolute Gasteiger partial charge is 0.223 e. The lowest BCUT2D eigenvalue weighted by Crippen LogP contribution is -2.39. The number of fused-ring (bicyclic) bond motifs is 1. The minimum atomic E-state index is 0. The van der Waals surface area contributed by atoms with Crippen molar-refractivity contribution in [3.8, 4) is 0 Å². The number of guanidine groups is 1. The average molecular weight is 497 g/mol. The number of rotatable bonds is 6. The van der Waals surface area contributed by atoms with Crippen molar-refractivity contribution < 1.29 is 4.79 Å². The maximum Gasteiger partial charge on any atom is 0.223 e. The van der Waals surface area contributed by atoms with Crippen LogP contribution in [0.25, 0.3) is 0 Å². The van der Waals surface area contributed by atoms with E-state index in [-0.39, 0.29) is 29.9 Å². The van der Waals surface area contributed by atoms with Crippen LogP contribution in [-0.2, 0) is 31.5 Å². The molecule has 28 heavy (non-hydrogen) atoms.